The predicted molar refractivity (Wildman–Crippen MR) is 166 cm³/mol. The maximum absolute atomic E-state index is 13.0. The van der Waals surface area contributed by atoms with Crippen molar-refractivity contribution >= 4 is 29.3 Å². The quantitative estimate of drug-likeness (QED) is 0.0983. The summed E-state index contributed by atoms with van der Waals surface area (Å²) < 4.78 is 2.08. The minimum Gasteiger partial charge on any atom is -0.339 e. The standard InChI is InChI=1S/C32H34N6O4S/c1-23-11-13-25(14-12-23)30-33-34-32(37(30)27-8-4-3-5-9-27)43-21-7-6-10-29(39)35-19-20-36(24(2)22-35)31(40)26-15-17-28(18-16-26)38(41)42/h3-5,8-9,11-18,24H,6-7,10,19-22H2,1-2H3. The van der Waals surface area contributed by atoms with E-state index in [0.29, 0.717) is 31.6 Å². The molecule has 5 rings (SSSR count). The van der Waals surface area contributed by atoms with Gasteiger partial charge in [0.2, 0.25) is 5.91 Å². The van der Waals surface area contributed by atoms with E-state index in [0.717, 1.165) is 40.8 Å². The minimum atomic E-state index is -0.487. The van der Waals surface area contributed by atoms with Crippen LogP contribution in [0.25, 0.3) is 17.1 Å². The molecule has 11 heteroatoms. The van der Waals surface area contributed by atoms with Crippen LogP contribution in [-0.2, 0) is 4.79 Å². The molecule has 1 atom stereocenters. The second-order valence-electron chi connectivity index (χ2n) is 10.6. The van der Waals surface area contributed by atoms with Crippen LogP contribution in [0, 0.1) is 17.0 Å². The third-order valence-corrected chi connectivity index (χ3v) is 8.56. The van der Waals surface area contributed by atoms with Gasteiger partial charge in [-0.05, 0) is 51.0 Å². The van der Waals surface area contributed by atoms with Gasteiger partial charge in [0.1, 0.15) is 0 Å². The number of unbranched alkanes of at least 4 members (excludes halogenated alkanes) is 1. The molecule has 1 aliphatic heterocycles. The lowest BCUT2D eigenvalue weighted by molar-refractivity contribution is -0.384. The Kier molecular flexibility index (Phi) is 9.51. The van der Waals surface area contributed by atoms with Crippen LogP contribution in [-0.4, -0.2) is 72.7 Å². The van der Waals surface area contributed by atoms with Gasteiger partial charge in [0, 0.05) is 66.8 Å². The highest BCUT2D eigenvalue weighted by molar-refractivity contribution is 7.99. The second-order valence-corrected chi connectivity index (χ2v) is 11.7. The summed E-state index contributed by atoms with van der Waals surface area (Å²) in [6, 6.07) is 23.8. The zero-order valence-electron chi connectivity index (χ0n) is 24.3. The number of amides is 2. The largest absolute Gasteiger partial charge is 0.339 e. The number of nitrogens with zero attached hydrogens (tertiary/aromatic N) is 6. The molecule has 0 bridgehead atoms. The van der Waals surface area contributed by atoms with Gasteiger partial charge in [-0.25, -0.2) is 0 Å². The van der Waals surface area contributed by atoms with Gasteiger partial charge < -0.3 is 9.80 Å². The van der Waals surface area contributed by atoms with Crippen molar-refractivity contribution in [3.63, 3.8) is 0 Å². The topological polar surface area (TPSA) is 114 Å². The number of benzene rings is 3. The average Bonchev–Trinajstić information content (AvgIpc) is 3.45. The number of non-ortho nitro benzene ring substituents is 1. The van der Waals surface area contributed by atoms with Gasteiger partial charge in [-0.1, -0.05) is 59.8 Å². The fraction of sp³-hybridized carbons (Fsp3) is 0.312. The molecular weight excluding hydrogens is 564 g/mol. The zero-order chi connectivity index (χ0) is 30.3. The van der Waals surface area contributed by atoms with E-state index < -0.39 is 4.92 Å². The van der Waals surface area contributed by atoms with Gasteiger partial charge in [-0.2, -0.15) is 0 Å². The molecular formula is C32H34N6O4S. The molecule has 1 saturated heterocycles. The summed E-state index contributed by atoms with van der Waals surface area (Å²) >= 11 is 1.63. The third-order valence-electron chi connectivity index (χ3n) is 7.54. The summed E-state index contributed by atoms with van der Waals surface area (Å²) in [6.45, 7) is 5.35. The molecule has 222 valence electrons. The van der Waals surface area contributed by atoms with Crippen molar-refractivity contribution in [3.8, 4) is 17.1 Å². The average molecular weight is 599 g/mol. The Hall–Kier alpha value is -4.51. The molecule has 1 fully saturated rings. The van der Waals surface area contributed by atoms with Crippen LogP contribution in [0.2, 0.25) is 0 Å². The summed E-state index contributed by atoms with van der Waals surface area (Å²) in [5.74, 6) is 1.51. The van der Waals surface area contributed by atoms with Crippen LogP contribution in [0.4, 0.5) is 5.69 Å². The van der Waals surface area contributed by atoms with Crippen LogP contribution >= 0.6 is 11.8 Å². The highest BCUT2D eigenvalue weighted by Gasteiger charge is 2.30. The van der Waals surface area contributed by atoms with Gasteiger partial charge in [-0.15, -0.1) is 10.2 Å². The van der Waals surface area contributed by atoms with E-state index in [4.69, 9.17) is 0 Å². The first-order valence-electron chi connectivity index (χ1n) is 14.4. The number of nitro groups is 1. The molecule has 2 heterocycles. The van der Waals surface area contributed by atoms with Gasteiger partial charge >= 0.3 is 0 Å². The molecule has 1 aliphatic rings. The fourth-order valence-corrected chi connectivity index (χ4v) is 6.09. The van der Waals surface area contributed by atoms with Crippen molar-refractivity contribution in [2.24, 2.45) is 0 Å². The predicted octanol–water partition coefficient (Wildman–Crippen LogP) is 5.79. The molecule has 4 aromatic rings. The van der Waals surface area contributed by atoms with Gasteiger partial charge in [-0.3, -0.25) is 24.3 Å². The molecule has 10 nitrogen and oxygen atoms in total. The first-order chi connectivity index (χ1) is 20.8. The lowest BCUT2D eigenvalue weighted by Gasteiger charge is -2.40. The van der Waals surface area contributed by atoms with E-state index in [1.165, 1.54) is 29.8 Å². The normalized spacial score (nSPS) is 15.0. The number of piperazine rings is 1. The Bertz CT molecular complexity index is 1570. The summed E-state index contributed by atoms with van der Waals surface area (Å²) in [7, 11) is 0. The van der Waals surface area contributed by atoms with Crippen LogP contribution in [0.15, 0.2) is 84.0 Å². The van der Waals surface area contributed by atoms with Gasteiger partial charge in [0.05, 0.1) is 4.92 Å². The molecule has 0 saturated carbocycles. The Morgan fingerprint density at radius 3 is 2.35 bits per heavy atom. The molecule has 0 spiro atoms. The van der Waals surface area contributed by atoms with Crippen molar-refractivity contribution < 1.29 is 14.5 Å². The van der Waals surface area contributed by atoms with E-state index in [1.54, 1.807) is 16.7 Å². The van der Waals surface area contributed by atoms with E-state index >= 15 is 0 Å². The van der Waals surface area contributed by atoms with Crippen molar-refractivity contribution in [3.05, 3.63) is 100 Å². The van der Waals surface area contributed by atoms with Gasteiger partial charge in [0.15, 0.2) is 11.0 Å². The summed E-state index contributed by atoms with van der Waals surface area (Å²) in [4.78, 5) is 39.9. The smallest absolute Gasteiger partial charge is 0.269 e. The summed E-state index contributed by atoms with van der Waals surface area (Å²) in [5.41, 5.74) is 3.54. The maximum atomic E-state index is 13.0. The number of hydrogen-bond donors (Lipinski definition) is 0. The SMILES string of the molecule is Cc1ccc(-c2nnc(SCCCCC(=O)N3CCN(C(=O)c4ccc([N+](=O)[O-])cc4)C(C)C3)n2-c2ccccc2)cc1. The Labute approximate surface area is 254 Å². The Balaban J connectivity index is 1.11. The molecule has 0 aliphatic carbocycles. The van der Waals surface area contributed by atoms with Crippen LogP contribution in [0.1, 0.15) is 42.1 Å². The third kappa shape index (κ3) is 7.11. The molecule has 1 unspecified atom stereocenters. The summed E-state index contributed by atoms with van der Waals surface area (Å²) in [5, 5.41) is 20.7. The number of rotatable bonds is 10. The number of carbonyl (C=O) groups excluding carboxylic acids is 2. The fourth-order valence-electron chi connectivity index (χ4n) is 5.14. The number of aryl methyl sites for hydroxylation is 1. The number of hydrogen-bond acceptors (Lipinski definition) is 7. The van der Waals surface area contributed by atoms with E-state index in [1.807, 2.05) is 42.2 Å². The maximum Gasteiger partial charge on any atom is 0.269 e. The molecule has 0 N–H and O–H groups in total. The van der Waals surface area contributed by atoms with Crippen molar-refractivity contribution in [1.29, 1.82) is 0 Å². The monoisotopic (exact) mass is 598 g/mol. The lowest BCUT2D eigenvalue weighted by Crippen LogP contribution is -2.55. The van der Waals surface area contributed by atoms with Crippen molar-refractivity contribution in [1.82, 2.24) is 24.6 Å². The highest BCUT2D eigenvalue weighted by Crippen LogP contribution is 2.29. The zero-order valence-corrected chi connectivity index (χ0v) is 25.1. The first kappa shape index (κ1) is 30.0. The number of aromatic nitrogens is 3. The summed E-state index contributed by atoms with van der Waals surface area (Å²) in [6.07, 6.45) is 2.06. The van der Waals surface area contributed by atoms with E-state index in [-0.39, 0.29) is 23.5 Å². The van der Waals surface area contributed by atoms with Crippen LogP contribution in [0.3, 0.4) is 0 Å². The first-order valence-corrected chi connectivity index (χ1v) is 15.3. The number of nitro benzene ring substituents is 1. The van der Waals surface area contributed by atoms with Crippen LogP contribution in [0.5, 0.6) is 0 Å². The Morgan fingerprint density at radius 1 is 0.953 bits per heavy atom. The van der Waals surface area contributed by atoms with E-state index in [9.17, 15) is 19.7 Å². The minimum absolute atomic E-state index is 0.0523. The molecule has 1 aromatic heterocycles. The molecule has 43 heavy (non-hydrogen) atoms. The van der Waals surface area contributed by atoms with Gasteiger partial charge in [0.25, 0.3) is 11.6 Å². The lowest BCUT2D eigenvalue weighted by atomic mass is 10.1. The molecule has 0 radical (unpaired) electrons. The highest BCUT2D eigenvalue weighted by atomic mass is 32.2. The van der Waals surface area contributed by atoms with E-state index in [2.05, 4.69) is 46.0 Å². The molecule has 2 amide bonds. The number of thioether (sulfide) groups is 1. The second kappa shape index (κ2) is 13.6. The number of para-hydroxylation sites is 1. The number of carbonyl (C=O) groups is 2. The molecule has 3 aromatic carbocycles. The van der Waals surface area contributed by atoms with Crippen molar-refractivity contribution in [2.75, 3.05) is 25.4 Å². The van der Waals surface area contributed by atoms with Crippen LogP contribution < -0.4 is 0 Å². The Morgan fingerprint density at radius 2 is 1.67 bits per heavy atom. The van der Waals surface area contributed by atoms with Crippen molar-refractivity contribution in [2.45, 2.75) is 44.3 Å².